The number of benzene rings is 1. The van der Waals surface area contributed by atoms with E-state index in [2.05, 4.69) is 12.6 Å². The van der Waals surface area contributed by atoms with Crippen LogP contribution in [0.25, 0.3) is 0 Å². The van der Waals surface area contributed by atoms with Gasteiger partial charge in [-0.1, -0.05) is 12.1 Å². The largest absolute Gasteiger partial charge is 1.00 e. The topological polar surface area (TPSA) is 26.3 Å². The van der Waals surface area contributed by atoms with E-state index in [4.69, 9.17) is 4.74 Å². The van der Waals surface area contributed by atoms with E-state index < -0.39 is 24.0 Å². The summed E-state index contributed by atoms with van der Waals surface area (Å²) in [6.45, 7) is 1.31. The molecule has 0 aliphatic carbocycles. The molecule has 20 heavy (non-hydrogen) atoms. The minimum atomic E-state index is -5.18. The first-order valence-corrected chi connectivity index (χ1v) is 6.13. The van der Waals surface area contributed by atoms with Crippen LogP contribution in [0, 0.1) is 6.92 Å². The molecule has 0 saturated heterocycles. The molecule has 0 aliphatic rings. The third-order valence-electron chi connectivity index (χ3n) is 2.40. The maximum Gasteiger partial charge on any atom is 1.00 e. The van der Waals surface area contributed by atoms with Gasteiger partial charge in [-0.2, -0.15) is 0 Å². The van der Waals surface area contributed by atoms with Crippen LogP contribution in [0.4, 0.5) is 12.9 Å². The Hall–Kier alpha value is 0.531. The Labute approximate surface area is 164 Å². The van der Waals surface area contributed by atoms with Gasteiger partial charge < -0.3 is 17.7 Å². The van der Waals surface area contributed by atoms with Crippen molar-refractivity contribution in [3.05, 3.63) is 23.3 Å². The molecule has 0 aliphatic heterocycles. The molecular weight excluding hydrogens is 315 g/mol. The molecular formula is C12H15BF3KO2S. The van der Waals surface area contributed by atoms with E-state index in [9.17, 15) is 17.7 Å². The fourth-order valence-electron chi connectivity index (χ4n) is 1.45. The standard InChI is InChI=1S/C12H15BF3O2S.K/c1-7-9(11(17)18-12(2,3)4)5-8(6-10(7)19)13(14,15)16;/h5-6,19H,1-4H3;/q-1;+1. The van der Waals surface area contributed by atoms with Crippen molar-refractivity contribution >= 4 is 31.0 Å². The van der Waals surface area contributed by atoms with Gasteiger partial charge in [0, 0.05) is 4.90 Å². The zero-order valence-electron chi connectivity index (χ0n) is 12.1. The molecule has 0 heterocycles. The molecule has 1 aromatic carbocycles. The zero-order chi connectivity index (χ0) is 15.0. The summed E-state index contributed by atoms with van der Waals surface area (Å²) >= 11 is 3.98. The Morgan fingerprint density at radius 1 is 1.25 bits per heavy atom. The molecule has 1 rings (SSSR count). The van der Waals surface area contributed by atoms with Crippen molar-refractivity contribution in [2.75, 3.05) is 0 Å². The summed E-state index contributed by atoms with van der Waals surface area (Å²) in [6.07, 6.45) is 0. The predicted molar refractivity (Wildman–Crippen MR) is 72.3 cm³/mol. The van der Waals surface area contributed by atoms with Crippen LogP contribution in [0.3, 0.4) is 0 Å². The molecule has 0 atom stereocenters. The average Bonchev–Trinajstić information content (AvgIpc) is 2.17. The third kappa shape index (κ3) is 5.73. The van der Waals surface area contributed by atoms with Gasteiger partial charge in [0.2, 0.25) is 0 Å². The second-order valence-electron chi connectivity index (χ2n) is 5.29. The van der Waals surface area contributed by atoms with Crippen molar-refractivity contribution in [3.8, 4) is 0 Å². The first kappa shape index (κ1) is 20.5. The molecule has 0 N–H and O–H groups in total. The van der Waals surface area contributed by atoms with Crippen LogP contribution in [0.1, 0.15) is 36.7 Å². The average molecular weight is 330 g/mol. The third-order valence-corrected chi connectivity index (χ3v) is 2.86. The van der Waals surface area contributed by atoms with Gasteiger partial charge in [-0.05, 0) is 33.3 Å². The van der Waals surface area contributed by atoms with Gasteiger partial charge in [-0.25, -0.2) is 4.79 Å². The number of ether oxygens (including phenoxy) is 1. The van der Waals surface area contributed by atoms with E-state index in [-0.39, 0.29) is 61.8 Å². The summed E-state index contributed by atoms with van der Waals surface area (Å²) in [5, 5.41) is 0. The van der Waals surface area contributed by atoms with Crippen LogP contribution in [0.2, 0.25) is 0 Å². The van der Waals surface area contributed by atoms with E-state index in [1.54, 1.807) is 20.8 Å². The molecule has 2 nitrogen and oxygen atoms in total. The molecule has 0 bridgehead atoms. The van der Waals surface area contributed by atoms with Gasteiger partial charge in [0.25, 0.3) is 0 Å². The van der Waals surface area contributed by atoms with Crippen molar-refractivity contribution in [3.63, 3.8) is 0 Å². The van der Waals surface area contributed by atoms with Crippen molar-refractivity contribution in [1.29, 1.82) is 0 Å². The number of thiol groups is 1. The van der Waals surface area contributed by atoms with Crippen molar-refractivity contribution in [2.45, 2.75) is 38.2 Å². The fraction of sp³-hybridized carbons (Fsp3) is 0.417. The van der Waals surface area contributed by atoms with Crippen molar-refractivity contribution in [2.24, 2.45) is 0 Å². The molecule has 0 fully saturated rings. The molecule has 106 valence electrons. The number of esters is 1. The summed E-state index contributed by atoms with van der Waals surface area (Å²) in [5.74, 6) is -0.776. The summed E-state index contributed by atoms with van der Waals surface area (Å²) in [5.41, 5.74) is -1.34. The minimum Gasteiger partial charge on any atom is -0.456 e. The fourth-order valence-corrected chi connectivity index (χ4v) is 1.72. The summed E-state index contributed by atoms with van der Waals surface area (Å²) in [4.78, 5) is 12.0. The number of hydrogen-bond acceptors (Lipinski definition) is 3. The van der Waals surface area contributed by atoms with E-state index >= 15 is 0 Å². The maximum absolute atomic E-state index is 12.8. The van der Waals surface area contributed by atoms with Crippen molar-refractivity contribution < 1.29 is 73.9 Å². The summed E-state index contributed by atoms with van der Waals surface area (Å²) in [6, 6.07) is 1.75. The predicted octanol–water partition coefficient (Wildman–Crippen LogP) is 0.297. The Morgan fingerprint density at radius 3 is 2.15 bits per heavy atom. The van der Waals surface area contributed by atoms with Gasteiger partial charge in [-0.3, -0.25) is 0 Å². The van der Waals surface area contributed by atoms with Gasteiger partial charge in [0.05, 0.1) is 5.56 Å². The van der Waals surface area contributed by atoms with E-state index in [0.29, 0.717) is 5.56 Å². The molecule has 0 spiro atoms. The van der Waals surface area contributed by atoms with Crippen LogP contribution < -0.4 is 56.8 Å². The van der Waals surface area contributed by atoms with Crippen LogP contribution in [0.15, 0.2) is 17.0 Å². The van der Waals surface area contributed by atoms with Crippen LogP contribution in [-0.4, -0.2) is 18.5 Å². The van der Waals surface area contributed by atoms with Gasteiger partial charge >= 0.3 is 64.3 Å². The van der Waals surface area contributed by atoms with Gasteiger partial charge in [-0.15, -0.1) is 18.1 Å². The number of carbonyl (C=O) groups excluding carboxylic acids is 1. The Kier molecular flexibility index (Phi) is 7.39. The number of hydrogen-bond donors (Lipinski definition) is 1. The van der Waals surface area contributed by atoms with E-state index in [0.717, 1.165) is 12.1 Å². The normalized spacial score (nSPS) is 11.8. The van der Waals surface area contributed by atoms with Crippen LogP contribution in [0.5, 0.6) is 0 Å². The molecule has 0 saturated carbocycles. The molecule has 0 radical (unpaired) electrons. The summed E-state index contributed by atoms with van der Waals surface area (Å²) < 4.78 is 43.4. The molecule has 1 aromatic rings. The quantitative estimate of drug-likeness (QED) is 0.480. The SMILES string of the molecule is Cc1c(S)cc([B-](F)(F)F)cc1C(=O)OC(C)(C)C.[K+]. The monoisotopic (exact) mass is 330 g/mol. The zero-order valence-corrected chi connectivity index (χ0v) is 16.1. The van der Waals surface area contributed by atoms with E-state index in [1.807, 2.05) is 0 Å². The Bertz CT molecular complexity index is 513. The van der Waals surface area contributed by atoms with Gasteiger partial charge in [0.15, 0.2) is 0 Å². The number of rotatable bonds is 2. The number of carbonyl (C=O) groups is 1. The maximum atomic E-state index is 12.8. The first-order chi connectivity index (χ1) is 8.42. The first-order valence-electron chi connectivity index (χ1n) is 5.68. The Morgan fingerprint density at radius 2 is 1.75 bits per heavy atom. The van der Waals surface area contributed by atoms with Crippen LogP contribution >= 0.6 is 12.6 Å². The number of halogens is 3. The Balaban J connectivity index is 0.00000361. The molecule has 8 heteroatoms. The summed E-state index contributed by atoms with van der Waals surface area (Å²) in [7, 11) is 0. The molecule has 0 aromatic heterocycles. The minimum absolute atomic E-state index is 0. The molecule has 0 amide bonds. The smallest absolute Gasteiger partial charge is 0.456 e. The molecule has 0 unspecified atom stereocenters. The second-order valence-corrected chi connectivity index (χ2v) is 5.77. The van der Waals surface area contributed by atoms with Crippen molar-refractivity contribution in [1.82, 2.24) is 0 Å². The van der Waals surface area contributed by atoms with Crippen LogP contribution in [-0.2, 0) is 4.74 Å². The van der Waals surface area contributed by atoms with Gasteiger partial charge in [0.1, 0.15) is 5.60 Å². The van der Waals surface area contributed by atoms with E-state index in [1.165, 1.54) is 6.92 Å². The second kappa shape index (κ2) is 7.20.